The molecular weight excluding hydrogens is 348 g/mol. The van der Waals surface area contributed by atoms with E-state index in [0.717, 1.165) is 4.90 Å². The molecule has 0 fully saturated rings. The molecule has 0 unspecified atom stereocenters. The molecule has 27 heavy (non-hydrogen) atoms. The predicted molar refractivity (Wildman–Crippen MR) is 94.1 cm³/mol. The number of Topliss-reactive ketones (excluding diaryl/α,β-unsaturated/α-hetero) is 1. The Bertz CT molecular complexity index is 953. The molecule has 0 aromatic heterocycles. The number of esters is 1. The third-order valence-corrected chi connectivity index (χ3v) is 4.12. The van der Waals surface area contributed by atoms with Crippen LogP contribution < -0.4 is 4.90 Å². The SMILES string of the molecule is CCOC(=O)[C@@H](C#N)C(=O)c1ccc(N2C(=O)c3ccccc3C2=O)cc1. The lowest BCUT2D eigenvalue weighted by Gasteiger charge is -2.14. The Morgan fingerprint density at radius 3 is 2.07 bits per heavy atom. The number of amides is 2. The van der Waals surface area contributed by atoms with E-state index in [2.05, 4.69) is 0 Å². The lowest BCUT2D eigenvalue weighted by Crippen LogP contribution is -2.29. The molecule has 0 spiro atoms. The van der Waals surface area contributed by atoms with Gasteiger partial charge in [-0.25, -0.2) is 4.90 Å². The molecular formula is C20H14N2O5. The molecule has 0 radical (unpaired) electrons. The monoisotopic (exact) mass is 362 g/mol. The summed E-state index contributed by atoms with van der Waals surface area (Å²) in [5.74, 6) is -4.07. The van der Waals surface area contributed by atoms with Crippen molar-refractivity contribution in [3.63, 3.8) is 0 Å². The summed E-state index contributed by atoms with van der Waals surface area (Å²) in [5, 5.41) is 9.08. The third kappa shape index (κ3) is 3.09. The van der Waals surface area contributed by atoms with Gasteiger partial charge in [0.2, 0.25) is 5.92 Å². The summed E-state index contributed by atoms with van der Waals surface area (Å²) in [6.45, 7) is 1.64. The first-order valence-electron chi connectivity index (χ1n) is 8.18. The Morgan fingerprint density at radius 1 is 1.04 bits per heavy atom. The van der Waals surface area contributed by atoms with Gasteiger partial charge in [-0.2, -0.15) is 5.26 Å². The van der Waals surface area contributed by atoms with Gasteiger partial charge in [0.15, 0.2) is 5.78 Å². The number of hydrogen-bond donors (Lipinski definition) is 0. The van der Waals surface area contributed by atoms with E-state index in [-0.39, 0.29) is 12.2 Å². The Kier molecular flexibility index (Phi) is 4.81. The van der Waals surface area contributed by atoms with E-state index in [0.29, 0.717) is 16.8 Å². The molecule has 134 valence electrons. The molecule has 0 saturated heterocycles. The minimum atomic E-state index is -1.56. The standard InChI is InChI=1S/C20H14N2O5/c1-2-27-20(26)16(11-21)17(23)12-7-9-13(10-8-12)22-18(24)14-5-3-4-6-15(14)19(22)25/h3-10,16H,2H2,1H3/t16-/m0/s1. The van der Waals surface area contributed by atoms with Gasteiger partial charge in [0.1, 0.15) is 0 Å². The Labute approximate surface area is 154 Å². The van der Waals surface area contributed by atoms with Gasteiger partial charge in [-0.05, 0) is 43.3 Å². The highest BCUT2D eigenvalue weighted by molar-refractivity contribution is 6.34. The fourth-order valence-corrected chi connectivity index (χ4v) is 2.81. The summed E-state index contributed by atoms with van der Waals surface area (Å²) in [6, 6.07) is 13.7. The zero-order valence-corrected chi connectivity index (χ0v) is 14.3. The number of carbonyl (C=O) groups is 4. The topological polar surface area (TPSA) is 105 Å². The predicted octanol–water partition coefficient (Wildman–Crippen LogP) is 2.37. The summed E-state index contributed by atoms with van der Waals surface area (Å²) >= 11 is 0. The third-order valence-electron chi connectivity index (χ3n) is 4.12. The quantitative estimate of drug-likeness (QED) is 0.350. The normalized spacial score (nSPS) is 13.7. The van der Waals surface area contributed by atoms with Crippen molar-refractivity contribution in [2.45, 2.75) is 6.92 Å². The first kappa shape index (κ1) is 18.0. The lowest BCUT2D eigenvalue weighted by atomic mass is 9.98. The Hall–Kier alpha value is -3.79. The van der Waals surface area contributed by atoms with Crippen LogP contribution in [0.5, 0.6) is 0 Å². The summed E-state index contributed by atoms with van der Waals surface area (Å²) in [5.41, 5.74) is 1.03. The molecule has 7 nitrogen and oxygen atoms in total. The van der Waals surface area contributed by atoms with Crippen LogP contribution >= 0.6 is 0 Å². The highest BCUT2D eigenvalue weighted by atomic mass is 16.5. The molecule has 1 heterocycles. The van der Waals surface area contributed by atoms with Gasteiger partial charge in [-0.3, -0.25) is 19.2 Å². The first-order valence-corrected chi connectivity index (χ1v) is 8.18. The number of ketones is 1. The van der Waals surface area contributed by atoms with Gasteiger partial charge < -0.3 is 4.74 Å². The fourth-order valence-electron chi connectivity index (χ4n) is 2.81. The van der Waals surface area contributed by atoms with E-state index in [9.17, 15) is 19.2 Å². The second-order valence-corrected chi connectivity index (χ2v) is 5.72. The molecule has 3 rings (SSSR count). The number of hydrogen-bond acceptors (Lipinski definition) is 6. The van der Waals surface area contributed by atoms with Crippen molar-refractivity contribution < 1.29 is 23.9 Å². The summed E-state index contributed by atoms with van der Waals surface area (Å²) in [4.78, 5) is 50.0. The molecule has 7 heteroatoms. The van der Waals surface area contributed by atoms with Crippen molar-refractivity contribution in [1.82, 2.24) is 0 Å². The maximum atomic E-state index is 12.5. The van der Waals surface area contributed by atoms with Gasteiger partial charge in [0.05, 0.1) is 29.5 Å². The number of rotatable bonds is 5. The number of carbonyl (C=O) groups excluding carboxylic acids is 4. The van der Waals surface area contributed by atoms with E-state index < -0.39 is 29.5 Å². The van der Waals surface area contributed by atoms with E-state index in [1.165, 1.54) is 24.3 Å². The number of anilines is 1. The fraction of sp³-hybridized carbons (Fsp3) is 0.150. The smallest absolute Gasteiger partial charge is 0.331 e. The van der Waals surface area contributed by atoms with Gasteiger partial charge in [0, 0.05) is 5.56 Å². The molecule has 1 aliphatic heterocycles. The molecule has 1 atom stereocenters. The first-order chi connectivity index (χ1) is 13.0. The average molecular weight is 362 g/mol. The Morgan fingerprint density at radius 2 is 1.59 bits per heavy atom. The van der Waals surface area contributed by atoms with E-state index in [1.807, 2.05) is 0 Å². The van der Waals surface area contributed by atoms with Crippen molar-refractivity contribution in [2.75, 3.05) is 11.5 Å². The van der Waals surface area contributed by atoms with Crippen LogP contribution in [0.25, 0.3) is 0 Å². The van der Waals surface area contributed by atoms with Crippen LogP contribution in [0, 0.1) is 17.2 Å². The highest BCUT2D eigenvalue weighted by Crippen LogP contribution is 2.28. The van der Waals surface area contributed by atoms with Crippen molar-refractivity contribution in [2.24, 2.45) is 5.92 Å². The zero-order valence-electron chi connectivity index (χ0n) is 14.3. The minimum Gasteiger partial charge on any atom is -0.465 e. The molecule has 0 saturated carbocycles. The molecule has 0 bridgehead atoms. The van der Waals surface area contributed by atoms with Crippen LogP contribution in [-0.2, 0) is 9.53 Å². The van der Waals surface area contributed by atoms with Gasteiger partial charge in [-0.15, -0.1) is 0 Å². The molecule has 1 aliphatic rings. The van der Waals surface area contributed by atoms with Crippen LogP contribution in [0.3, 0.4) is 0 Å². The number of nitriles is 1. The number of imide groups is 1. The molecule has 0 aliphatic carbocycles. The summed E-state index contributed by atoms with van der Waals surface area (Å²) in [6.07, 6.45) is 0. The zero-order chi connectivity index (χ0) is 19.6. The second kappa shape index (κ2) is 7.22. The maximum Gasteiger partial charge on any atom is 0.331 e. The summed E-state index contributed by atoms with van der Waals surface area (Å²) in [7, 11) is 0. The number of fused-ring (bicyclic) bond motifs is 1. The highest BCUT2D eigenvalue weighted by Gasteiger charge is 2.36. The van der Waals surface area contributed by atoms with Crippen molar-refractivity contribution >= 4 is 29.3 Å². The van der Waals surface area contributed by atoms with Crippen LogP contribution in [-0.4, -0.2) is 30.2 Å². The van der Waals surface area contributed by atoms with E-state index >= 15 is 0 Å². The van der Waals surface area contributed by atoms with Crippen LogP contribution in [0.4, 0.5) is 5.69 Å². The second-order valence-electron chi connectivity index (χ2n) is 5.72. The molecule has 2 aromatic rings. The molecule has 2 aromatic carbocycles. The van der Waals surface area contributed by atoms with Crippen LogP contribution in [0.15, 0.2) is 48.5 Å². The molecule has 2 amide bonds. The van der Waals surface area contributed by atoms with E-state index in [1.54, 1.807) is 37.3 Å². The lowest BCUT2D eigenvalue weighted by molar-refractivity contribution is -0.144. The number of benzene rings is 2. The minimum absolute atomic E-state index is 0.0585. The van der Waals surface area contributed by atoms with Crippen LogP contribution in [0.2, 0.25) is 0 Å². The van der Waals surface area contributed by atoms with Crippen molar-refractivity contribution in [1.29, 1.82) is 5.26 Å². The number of nitrogens with zero attached hydrogens (tertiary/aromatic N) is 2. The average Bonchev–Trinajstić information content (AvgIpc) is 2.94. The number of ether oxygens (including phenoxy) is 1. The van der Waals surface area contributed by atoms with Gasteiger partial charge in [0.25, 0.3) is 11.8 Å². The Balaban J connectivity index is 1.86. The van der Waals surface area contributed by atoms with Crippen LogP contribution in [0.1, 0.15) is 38.0 Å². The van der Waals surface area contributed by atoms with Crippen molar-refractivity contribution in [3.05, 3.63) is 65.2 Å². The maximum absolute atomic E-state index is 12.5. The summed E-state index contributed by atoms with van der Waals surface area (Å²) < 4.78 is 4.73. The largest absolute Gasteiger partial charge is 0.465 e. The van der Waals surface area contributed by atoms with E-state index in [4.69, 9.17) is 10.00 Å². The van der Waals surface area contributed by atoms with Crippen molar-refractivity contribution in [3.8, 4) is 6.07 Å². The van der Waals surface area contributed by atoms with Gasteiger partial charge in [-0.1, -0.05) is 12.1 Å². The molecule has 0 N–H and O–H groups in total. The van der Waals surface area contributed by atoms with Gasteiger partial charge >= 0.3 is 5.97 Å².